The lowest BCUT2D eigenvalue weighted by Gasteiger charge is -2.09. The van der Waals surface area contributed by atoms with Crippen molar-refractivity contribution >= 4 is 23.0 Å². The number of nitro groups is 2. The van der Waals surface area contributed by atoms with Gasteiger partial charge >= 0.3 is 5.69 Å². The molecule has 1 heterocycles. The summed E-state index contributed by atoms with van der Waals surface area (Å²) in [4.78, 5) is 32.4. The van der Waals surface area contributed by atoms with Crippen LogP contribution in [-0.4, -0.2) is 38.6 Å². The van der Waals surface area contributed by atoms with Crippen LogP contribution in [0.4, 0.5) is 25.8 Å². The molecule has 0 spiro atoms. The monoisotopic (exact) mass is 399 g/mol. The average molecular weight is 399 g/mol. The van der Waals surface area contributed by atoms with Gasteiger partial charge in [0.15, 0.2) is 0 Å². The lowest BCUT2D eigenvalue weighted by molar-refractivity contribution is -0.385. The minimum atomic E-state index is -2.76. The zero-order chi connectivity index (χ0) is 20.8. The fourth-order valence-electron chi connectivity index (χ4n) is 2.24. The van der Waals surface area contributed by atoms with Crippen molar-refractivity contribution in [2.45, 2.75) is 26.3 Å². The quantitative estimate of drug-likeness (QED) is 0.504. The van der Waals surface area contributed by atoms with E-state index < -0.39 is 34.5 Å². The Balaban J connectivity index is 2.04. The lowest BCUT2D eigenvalue weighted by atomic mass is 10.2. The zero-order valence-electron chi connectivity index (χ0n) is 14.5. The number of ether oxygens (including phenoxy) is 1. The van der Waals surface area contributed by atoms with Gasteiger partial charge < -0.3 is 10.1 Å². The fraction of sp³-hybridized carbons (Fsp3) is 0.333. The Morgan fingerprint density at radius 1 is 1.29 bits per heavy atom. The number of nitrogens with one attached hydrogen (secondary N) is 1. The van der Waals surface area contributed by atoms with Crippen LogP contribution in [-0.2, 0) is 11.3 Å². The molecule has 0 radical (unpaired) electrons. The fourth-order valence-corrected chi connectivity index (χ4v) is 2.24. The summed E-state index contributed by atoms with van der Waals surface area (Å²) in [5, 5.41) is 28.1. The molecule has 13 heteroatoms. The smallest absolute Gasteiger partial charge is 0.309 e. The van der Waals surface area contributed by atoms with Gasteiger partial charge in [-0.2, -0.15) is 5.10 Å². The molecule has 2 rings (SSSR count). The number of rotatable bonds is 9. The molecule has 0 aliphatic rings. The minimum absolute atomic E-state index is 0.00825. The number of hydrogen-bond acceptors (Lipinski definition) is 7. The van der Waals surface area contributed by atoms with Crippen LogP contribution >= 0.6 is 0 Å². The van der Waals surface area contributed by atoms with Crippen molar-refractivity contribution in [1.82, 2.24) is 9.78 Å². The van der Waals surface area contributed by atoms with Gasteiger partial charge in [0.1, 0.15) is 24.2 Å². The largest absolute Gasteiger partial charge is 0.487 e. The van der Waals surface area contributed by atoms with Crippen molar-refractivity contribution in [3.63, 3.8) is 0 Å². The maximum absolute atomic E-state index is 12.3. The molecule has 1 aromatic carbocycles. The van der Waals surface area contributed by atoms with E-state index in [-0.39, 0.29) is 35.8 Å². The third kappa shape index (κ3) is 5.69. The topological polar surface area (TPSA) is 142 Å². The molecule has 1 amide bonds. The summed E-state index contributed by atoms with van der Waals surface area (Å²) in [7, 11) is 0. The van der Waals surface area contributed by atoms with Crippen molar-refractivity contribution in [3.05, 3.63) is 50.3 Å². The van der Waals surface area contributed by atoms with Crippen molar-refractivity contribution in [2.75, 3.05) is 11.9 Å². The molecule has 0 atom stereocenters. The Bertz CT molecular complexity index is 901. The summed E-state index contributed by atoms with van der Waals surface area (Å²) < 4.78 is 30.5. The summed E-state index contributed by atoms with van der Waals surface area (Å²) in [6.45, 7) is 0.537. The zero-order valence-corrected chi connectivity index (χ0v) is 14.5. The van der Waals surface area contributed by atoms with Gasteiger partial charge in [-0.25, -0.2) is 8.78 Å². The van der Waals surface area contributed by atoms with Gasteiger partial charge in [0, 0.05) is 25.1 Å². The van der Waals surface area contributed by atoms with Gasteiger partial charge in [-0.05, 0) is 6.92 Å². The first-order valence-electron chi connectivity index (χ1n) is 7.84. The molecule has 1 N–H and O–H groups in total. The molecule has 0 fully saturated rings. The number of amides is 1. The number of hydrogen-bond donors (Lipinski definition) is 1. The summed E-state index contributed by atoms with van der Waals surface area (Å²) in [6, 6.07) is 3.19. The summed E-state index contributed by atoms with van der Waals surface area (Å²) in [6.07, 6.45) is -1.71. The SMILES string of the molecule is Cc1nn(CCC(=O)Nc2cc(OCC(F)F)cc([N+](=O)[O-])c2)cc1[N+](=O)[O-]. The Morgan fingerprint density at radius 3 is 2.57 bits per heavy atom. The Kier molecular flexibility index (Phi) is 6.52. The highest BCUT2D eigenvalue weighted by atomic mass is 19.3. The van der Waals surface area contributed by atoms with E-state index in [2.05, 4.69) is 10.4 Å². The van der Waals surface area contributed by atoms with Gasteiger partial charge in [-0.1, -0.05) is 0 Å². The number of aryl methyl sites for hydroxylation is 2. The molecule has 0 unspecified atom stereocenters. The highest BCUT2D eigenvalue weighted by Gasteiger charge is 2.17. The van der Waals surface area contributed by atoms with Crippen LogP contribution in [0.15, 0.2) is 24.4 Å². The second kappa shape index (κ2) is 8.83. The number of carbonyl (C=O) groups excluding carboxylic acids is 1. The van der Waals surface area contributed by atoms with Crippen LogP contribution < -0.4 is 10.1 Å². The Hall–Kier alpha value is -3.64. The predicted molar refractivity (Wildman–Crippen MR) is 91.5 cm³/mol. The maximum Gasteiger partial charge on any atom is 0.309 e. The molecule has 0 bridgehead atoms. The molecular weight excluding hydrogens is 384 g/mol. The molecular formula is C15H15F2N5O6. The number of anilines is 1. The van der Waals surface area contributed by atoms with Crippen molar-refractivity contribution in [3.8, 4) is 5.75 Å². The normalized spacial score (nSPS) is 10.7. The number of alkyl halides is 2. The second-order valence-electron chi connectivity index (χ2n) is 5.59. The lowest BCUT2D eigenvalue weighted by Crippen LogP contribution is -2.15. The predicted octanol–water partition coefficient (Wildman–Crippen LogP) is 2.68. The molecule has 0 aliphatic heterocycles. The van der Waals surface area contributed by atoms with Gasteiger partial charge in [-0.15, -0.1) is 0 Å². The van der Waals surface area contributed by atoms with Gasteiger partial charge in [-0.3, -0.25) is 29.7 Å². The van der Waals surface area contributed by atoms with E-state index in [0.29, 0.717) is 0 Å². The molecule has 150 valence electrons. The molecule has 0 saturated heterocycles. The Morgan fingerprint density at radius 2 is 2.00 bits per heavy atom. The highest BCUT2D eigenvalue weighted by molar-refractivity contribution is 5.91. The third-order valence-electron chi connectivity index (χ3n) is 3.45. The first-order chi connectivity index (χ1) is 13.2. The molecule has 11 nitrogen and oxygen atoms in total. The van der Waals surface area contributed by atoms with E-state index in [1.54, 1.807) is 0 Å². The van der Waals surface area contributed by atoms with Crippen molar-refractivity contribution in [1.29, 1.82) is 0 Å². The average Bonchev–Trinajstić information content (AvgIpc) is 2.99. The number of nitrogens with zero attached hydrogens (tertiary/aromatic N) is 4. The van der Waals surface area contributed by atoms with E-state index in [4.69, 9.17) is 4.74 Å². The van der Waals surface area contributed by atoms with Crippen LogP contribution in [0.2, 0.25) is 0 Å². The van der Waals surface area contributed by atoms with Crippen LogP contribution in [0.3, 0.4) is 0 Å². The molecule has 28 heavy (non-hydrogen) atoms. The van der Waals surface area contributed by atoms with Crippen LogP contribution in [0.1, 0.15) is 12.1 Å². The van der Waals surface area contributed by atoms with E-state index in [1.807, 2.05) is 0 Å². The number of aromatic nitrogens is 2. The van der Waals surface area contributed by atoms with E-state index >= 15 is 0 Å². The van der Waals surface area contributed by atoms with E-state index in [9.17, 15) is 33.8 Å². The number of nitro benzene ring substituents is 1. The van der Waals surface area contributed by atoms with Crippen LogP contribution in [0, 0.1) is 27.2 Å². The first-order valence-corrected chi connectivity index (χ1v) is 7.84. The van der Waals surface area contributed by atoms with Crippen molar-refractivity contribution < 1.29 is 28.2 Å². The number of halogens is 2. The third-order valence-corrected chi connectivity index (χ3v) is 3.45. The number of carbonyl (C=O) groups is 1. The standard InChI is InChI=1S/C15H15F2N5O6/c1-9-13(22(26)27)7-20(19-9)3-2-15(23)18-10-4-11(21(24)25)6-12(5-10)28-8-14(16)17/h4-7,14H,2-3,8H2,1H3,(H,18,23). The van der Waals surface area contributed by atoms with E-state index in [0.717, 1.165) is 12.1 Å². The van der Waals surface area contributed by atoms with E-state index in [1.165, 1.54) is 23.9 Å². The highest BCUT2D eigenvalue weighted by Crippen LogP contribution is 2.26. The first kappa shape index (κ1) is 20.7. The van der Waals surface area contributed by atoms with Gasteiger partial charge in [0.2, 0.25) is 5.91 Å². The van der Waals surface area contributed by atoms with Gasteiger partial charge in [0.05, 0.1) is 21.6 Å². The van der Waals surface area contributed by atoms with Crippen molar-refractivity contribution in [2.24, 2.45) is 0 Å². The summed E-state index contributed by atoms with van der Waals surface area (Å²) in [5.74, 6) is -0.751. The Labute approximate surface area is 156 Å². The second-order valence-corrected chi connectivity index (χ2v) is 5.59. The number of non-ortho nitro benzene ring substituents is 1. The van der Waals surface area contributed by atoms with Crippen LogP contribution in [0.25, 0.3) is 0 Å². The van der Waals surface area contributed by atoms with Crippen LogP contribution in [0.5, 0.6) is 5.75 Å². The molecule has 0 aliphatic carbocycles. The molecule has 2 aromatic rings. The molecule has 1 aromatic heterocycles. The van der Waals surface area contributed by atoms with Gasteiger partial charge in [0.25, 0.3) is 12.1 Å². The molecule has 0 saturated carbocycles. The maximum atomic E-state index is 12.3. The minimum Gasteiger partial charge on any atom is -0.487 e. The summed E-state index contributed by atoms with van der Waals surface area (Å²) in [5.41, 5.74) is -0.434. The number of benzene rings is 1. The summed E-state index contributed by atoms with van der Waals surface area (Å²) >= 11 is 0.